The van der Waals surface area contributed by atoms with Crippen molar-refractivity contribution in [2.24, 2.45) is 0 Å². The first-order valence-electron chi connectivity index (χ1n) is 10.2. The van der Waals surface area contributed by atoms with Gasteiger partial charge in [-0.1, -0.05) is 24.3 Å². The molecule has 2 N–H and O–H groups in total. The molecule has 0 bridgehead atoms. The van der Waals surface area contributed by atoms with Gasteiger partial charge in [0.25, 0.3) is 0 Å². The van der Waals surface area contributed by atoms with Crippen LogP contribution in [0.3, 0.4) is 0 Å². The standard InChI is InChI=1S/C22H25N5O2/c28-22(20-15-29-13-8-23-20)27-11-9-26(10-12-27)17-5-3-4-16(14-17)21-24-18-6-1-2-7-19(18)25-21/h1-7,14,20,23H,8-13,15H2,(H,24,25). The predicted molar refractivity (Wildman–Crippen MR) is 113 cm³/mol. The highest BCUT2D eigenvalue weighted by Gasteiger charge is 2.28. The molecule has 29 heavy (non-hydrogen) atoms. The number of nitrogens with zero attached hydrogens (tertiary/aromatic N) is 3. The summed E-state index contributed by atoms with van der Waals surface area (Å²) in [6.45, 7) is 4.99. The van der Waals surface area contributed by atoms with E-state index in [2.05, 4.69) is 39.5 Å². The first-order chi connectivity index (χ1) is 14.3. The summed E-state index contributed by atoms with van der Waals surface area (Å²) in [5.74, 6) is 1.03. The minimum Gasteiger partial charge on any atom is -0.378 e. The molecule has 0 aliphatic carbocycles. The SMILES string of the molecule is O=C(C1COCCN1)N1CCN(c2cccc(-c3nc4ccccc4[nH]3)c2)CC1. The number of piperazine rings is 1. The summed E-state index contributed by atoms with van der Waals surface area (Å²) in [5, 5.41) is 3.26. The number of rotatable bonds is 3. The molecule has 0 spiro atoms. The van der Waals surface area contributed by atoms with E-state index >= 15 is 0 Å². The number of anilines is 1. The van der Waals surface area contributed by atoms with Crippen molar-refractivity contribution >= 4 is 22.6 Å². The summed E-state index contributed by atoms with van der Waals surface area (Å²) >= 11 is 0. The minimum absolute atomic E-state index is 0.153. The van der Waals surface area contributed by atoms with E-state index in [9.17, 15) is 4.79 Å². The number of carbonyl (C=O) groups excluding carboxylic acids is 1. The quantitative estimate of drug-likeness (QED) is 0.713. The van der Waals surface area contributed by atoms with Crippen LogP contribution in [-0.4, -0.2) is 72.8 Å². The third-order valence-electron chi connectivity index (χ3n) is 5.69. The number of nitrogens with one attached hydrogen (secondary N) is 2. The zero-order valence-corrected chi connectivity index (χ0v) is 16.3. The van der Waals surface area contributed by atoms with Crippen LogP contribution in [0, 0.1) is 0 Å². The number of H-pyrrole nitrogens is 1. The van der Waals surface area contributed by atoms with E-state index in [0.29, 0.717) is 13.2 Å². The zero-order valence-electron chi connectivity index (χ0n) is 16.3. The number of carbonyl (C=O) groups is 1. The van der Waals surface area contributed by atoms with E-state index in [0.717, 1.165) is 60.8 Å². The first kappa shape index (κ1) is 18.1. The molecule has 5 rings (SSSR count). The van der Waals surface area contributed by atoms with Crippen LogP contribution in [0.4, 0.5) is 5.69 Å². The fourth-order valence-corrected chi connectivity index (χ4v) is 4.07. The maximum Gasteiger partial charge on any atom is 0.242 e. The minimum atomic E-state index is -0.202. The summed E-state index contributed by atoms with van der Waals surface area (Å²) in [6, 6.07) is 16.3. The Bertz CT molecular complexity index is 970. The summed E-state index contributed by atoms with van der Waals surface area (Å²) < 4.78 is 5.43. The second kappa shape index (κ2) is 7.85. The van der Waals surface area contributed by atoms with Gasteiger partial charge in [0, 0.05) is 44.0 Å². The topological polar surface area (TPSA) is 73.5 Å². The lowest BCUT2D eigenvalue weighted by molar-refractivity contribution is -0.136. The fraction of sp³-hybridized carbons (Fsp3) is 0.364. The van der Waals surface area contributed by atoms with Gasteiger partial charge in [-0.25, -0.2) is 4.98 Å². The average molecular weight is 391 g/mol. The summed E-state index contributed by atoms with van der Waals surface area (Å²) in [4.78, 5) is 25.1. The van der Waals surface area contributed by atoms with Crippen LogP contribution >= 0.6 is 0 Å². The lowest BCUT2D eigenvalue weighted by Crippen LogP contribution is -2.57. The number of ether oxygens (including phenoxy) is 1. The van der Waals surface area contributed by atoms with Gasteiger partial charge >= 0.3 is 0 Å². The molecule has 2 aliphatic rings. The molecule has 2 saturated heterocycles. The molecular formula is C22H25N5O2. The van der Waals surface area contributed by atoms with Crippen molar-refractivity contribution in [3.63, 3.8) is 0 Å². The van der Waals surface area contributed by atoms with Crippen molar-refractivity contribution in [2.45, 2.75) is 6.04 Å². The number of fused-ring (bicyclic) bond motifs is 1. The number of para-hydroxylation sites is 2. The highest BCUT2D eigenvalue weighted by atomic mass is 16.5. The van der Waals surface area contributed by atoms with Crippen LogP contribution in [0.25, 0.3) is 22.4 Å². The third-order valence-corrected chi connectivity index (χ3v) is 5.69. The molecular weight excluding hydrogens is 366 g/mol. The highest BCUT2D eigenvalue weighted by Crippen LogP contribution is 2.25. The lowest BCUT2D eigenvalue weighted by Gasteiger charge is -2.38. The molecule has 0 radical (unpaired) electrons. The van der Waals surface area contributed by atoms with Gasteiger partial charge in [-0.2, -0.15) is 0 Å². The summed E-state index contributed by atoms with van der Waals surface area (Å²) in [6.07, 6.45) is 0. The Balaban J connectivity index is 1.27. The highest BCUT2D eigenvalue weighted by molar-refractivity contribution is 5.82. The molecule has 1 unspecified atom stereocenters. The monoisotopic (exact) mass is 391 g/mol. The number of aromatic nitrogens is 2. The number of aromatic amines is 1. The number of hydrogen-bond donors (Lipinski definition) is 2. The van der Waals surface area contributed by atoms with Crippen LogP contribution in [0.2, 0.25) is 0 Å². The number of hydrogen-bond acceptors (Lipinski definition) is 5. The van der Waals surface area contributed by atoms with E-state index in [1.165, 1.54) is 0 Å². The molecule has 0 saturated carbocycles. The van der Waals surface area contributed by atoms with Crippen molar-refractivity contribution in [2.75, 3.05) is 50.8 Å². The van der Waals surface area contributed by atoms with Gasteiger partial charge in [-0.15, -0.1) is 0 Å². The molecule has 1 amide bonds. The molecule has 7 heteroatoms. The van der Waals surface area contributed by atoms with Crippen LogP contribution in [0.15, 0.2) is 48.5 Å². The van der Waals surface area contributed by atoms with Gasteiger partial charge in [0.05, 0.1) is 24.2 Å². The van der Waals surface area contributed by atoms with Gasteiger partial charge in [0.2, 0.25) is 5.91 Å². The van der Waals surface area contributed by atoms with Crippen molar-refractivity contribution in [1.29, 1.82) is 0 Å². The Morgan fingerprint density at radius 2 is 1.93 bits per heavy atom. The second-order valence-electron chi connectivity index (χ2n) is 7.55. The third kappa shape index (κ3) is 3.71. The first-order valence-corrected chi connectivity index (χ1v) is 10.2. The maximum atomic E-state index is 12.7. The Hall–Kier alpha value is -2.90. The Morgan fingerprint density at radius 3 is 2.72 bits per heavy atom. The van der Waals surface area contributed by atoms with Gasteiger partial charge in [0.1, 0.15) is 11.9 Å². The molecule has 1 aromatic heterocycles. The lowest BCUT2D eigenvalue weighted by atomic mass is 10.1. The smallest absolute Gasteiger partial charge is 0.242 e. The van der Waals surface area contributed by atoms with E-state index in [1.807, 2.05) is 29.2 Å². The van der Waals surface area contributed by atoms with Crippen molar-refractivity contribution in [3.05, 3.63) is 48.5 Å². The summed E-state index contributed by atoms with van der Waals surface area (Å²) in [7, 11) is 0. The molecule has 1 atom stereocenters. The van der Waals surface area contributed by atoms with Crippen molar-refractivity contribution in [3.8, 4) is 11.4 Å². The Labute approximate surface area is 169 Å². The van der Waals surface area contributed by atoms with Crippen LogP contribution in [0.1, 0.15) is 0 Å². The van der Waals surface area contributed by atoms with Crippen LogP contribution in [0.5, 0.6) is 0 Å². The Morgan fingerprint density at radius 1 is 1.07 bits per heavy atom. The van der Waals surface area contributed by atoms with Crippen molar-refractivity contribution < 1.29 is 9.53 Å². The molecule has 7 nitrogen and oxygen atoms in total. The van der Waals surface area contributed by atoms with Gasteiger partial charge < -0.3 is 24.8 Å². The van der Waals surface area contributed by atoms with E-state index in [1.54, 1.807) is 0 Å². The van der Waals surface area contributed by atoms with E-state index < -0.39 is 0 Å². The van der Waals surface area contributed by atoms with E-state index in [-0.39, 0.29) is 11.9 Å². The molecule has 2 aliphatic heterocycles. The van der Waals surface area contributed by atoms with Gasteiger partial charge in [-0.05, 0) is 24.3 Å². The van der Waals surface area contributed by atoms with Crippen LogP contribution < -0.4 is 10.2 Å². The fourth-order valence-electron chi connectivity index (χ4n) is 4.07. The average Bonchev–Trinajstić information content (AvgIpc) is 3.24. The molecule has 2 fully saturated rings. The number of amides is 1. The van der Waals surface area contributed by atoms with Gasteiger partial charge in [-0.3, -0.25) is 4.79 Å². The van der Waals surface area contributed by atoms with Gasteiger partial charge in [0.15, 0.2) is 0 Å². The number of morpholine rings is 1. The predicted octanol–water partition coefficient (Wildman–Crippen LogP) is 1.87. The van der Waals surface area contributed by atoms with Crippen LogP contribution in [-0.2, 0) is 9.53 Å². The largest absolute Gasteiger partial charge is 0.378 e. The normalized spacial score (nSPS) is 20.2. The Kier molecular flexibility index (Phi) is 4.91. The van der Waals surface area contributed by atoms with E-state index in [4.69, 9.17) is 9.72 Å². The number of imidazole rings is 1. The number of benzene rings is 2. The van der Waals surface area contributed by atoms with Crippen molar-refractivity contribution in [1.82, 2.24) is 20.2 Å². The maximum absolute atomic E-state index is 12.7. The summed E-state index contributed by atoms with van der Waals surface area (Å²) in [5.41, 5.74) is 4.25. The second-order valence-corrected chi connectivity index (χ2v) is 7.55. The molecule has 150 valence electrons. The molecule has 3 heterocycles. The zero-order chi connectivity index (χ0) is 19.6. The molecule has 3 aromatic rings. The molecule has 2 aromatic carbocycles.